The van der Waals surface area contributed by atoms with Crippen molar-refractivity contribution < 1.29 is 14.0 Å². The van der Waals surface area contributed by atoms with Crippen LogP contribution in [0.2, 0.25) is 0 Å². The Morgan fingerprint density at radius 3 is 2.88 bits per heavy atom. The first kappa shape index (κ1) is 17.6. The van der Waals surface area contributed by atoms with Crippen molar-refractivity contribution in [1.29, 1.82) is 0 Å². The summed E-state index contributed by atoms with van der Waals surface area (Å²) in [7, 11) is 0. The molecule has 1 aliphatic heterocycles. The number of halogens is 1. The lowest BCUT2D eigenvalue weighted by atomic mass is 10.2. The summed E-state index contributed by atoms with van der Waals surface area (Å²) in [4.78, 5) is 27.5. The minimum atomic E-state index is -0.460. The van der Waals surface area contributed by atoms with E-state index < -0.39 is 11.7 Å². The Morgan fingerprint density at radius 2 is 2.16 bits per heavy atom. The van der Waals surface area contributed by atoms with Crippen molar-refractivity contribution in [2.45, 2.75) is 19.9 Å². The smallest absolute Gasteiger partial charge is 0.264 e. The van der Waals surface area contributed by atoms with Crippen LogP contribution in [-0.4, -0.2) is 42.4 Å². The predicted molar refractivity (Wildman–Crippen MR) is 96.8 cm³/mol. The topological polar surface area (TPSA) is 61.4 Å². The number of carbonyl (C=O) groups excluding carboxylic acids is 2. The molecule has 0 radical (unpaired) electrons. The van der Waals surface area contributed by atoms with E-state index in [1.165, 1.54) is 29.5 Å². The van der Waals surface area contributed by atoms with Gasteiger partial charge in [-0.2, -0.15) is 0 Å². The molecule has 7 heteroatoms. The van der Waals surface area contributed by atoms with Crippen LogP contribution in [0.5, 0.6) is 0 Å². The van der Waals surface area contributed by atoms with Crippen molar-refractivity contribution in [3.8, 4) is 0 Å². The standard InChI is InChI=1S/C18H20FN3O2S/c1-11-8-15(21-17(23)13-4-3-5-14(19)9-13)25-16(11)18(24)22-7-6-20-10-12(22)2/h3-5,8-9,12,20H,6-7,10H2,1-2H3,(H,21,23)/t12-/m1/s1. The number of amides is 2. The monoisotopic (exact) mass is 361 g/mol. The lowest BCUT2D eigenvalue weighted by Gasteiger charge is -2.33. The number of carbonyl (C=O) groups is 2. The largest absolute Gasteiger partial charge is 0.333 e. The van der Waals surface area contributed by atoms with E-state index in [2.05, 4.69) is 10.6 Å². The first-order chi connectivity index (χ1) is 12.0. The van der Waals surface area contributed by atoms with Crippen LogP contribution in [0.3, 0.4) is 0 Å². The number of piperazine rings is 1. The molecule has 2 aromatic rings. The van der Waals surface area contributed by atoms with Crippen molar-refractivity contribution in [3.63, 3.8) is 0 Å². The molecule has 1 atom stereocenters. The Morgan fingerprint density at radius 1 is 1.36 bits per heavy atom. The molecule has 1 saturated heterocycles. The SMILES string of the molecule is Cc1cc(NC(=O)c2cccc(F)c2)sc1C(=O)N1CCNC[C@H]1C. The lowest BCUT2D eigenvalue weighted by Crippen LogP contribution is -2.52. The summed E-state index contributed by atoms with van der Waals surface area (Å²) in [6.45, 7) is 6.10. The fourth-order valence-electron chi connectivity index (χ4n) is 2.84. The van der Waals surface area contributed by atoms with E-state index in [0.29, 0.717) is 16.4 Å². The molecule has 1 fully saturated rings. The molecule has 0 spiro atoms. The highest BCUT2D eigenvalue weighted by atomic mass is 32.1. The molecule has 3 rings (SSSR count). The molecule has 0 saturated carbocycles. The van der Waals surface area contributed by atoms with Gasteiger partial charge in [0, 0.05) is 31.2 Å². The van der Waals surface area contributed by atoms with Crippen molar-refractivity contribution >= 4 is 28.2 Å². The fraction of sp³-hybridized carbons (Fsp3) is 0.333. The van der Waals surface area contributed by atoms with E-state index >= 15 is 0 Å². The molecule has 0 aliphatic carbocycles. The van der Waals surface area contributed by atoms with E-state index in [1.54, 1.807) is 12.1 Å². The van der Waals surface area contributed by atoms with E-state index in [0.717, 1.165) is 18.7 Å². The Bertz CT molecular complexity index is 805. The van der Waals surface area contributed by atoms with Crippen LogP contribution in [0.15, 0.2) is 30.3 Å². The maximum absolute atomic E-state index is 13.3. The van der Waals surface area contributed by atoms with Crippen molar-refractivity contribution in [2.75, 3.05) is 25.0 Å². The summed E-state index contributed by atoms with van der Waals surface area (Å²) in [5.74, 6) is -0.864. The highest BCUT2D eigenvalue weighted by Crippen LogP contribution is 2.29. The second-order valence-corrected chi connectivity index (χ2v) is 7.19. The maximum atomic E-state index is 13.3. The van der Waals surface area contributed by atoms with Gasteiger partial charge in [-0.1, -0.05) is 6.07 Å². The van der Waals surface area contributed by atoms with E-state index in [4.69, 9.17) is 0 Å². The normalized spacial score (nSPS) is 17.4. The van der Waals surface area contributed by atoms with Gasteiger partial charge in [-0.3, -0.25) is 9.59 Å². The predicted octanol–water partition coefficient (Wildman–Crippen LogP) is 2.88. The molecule has 0 bridgehead atoms. The van der Waals surface area contributed by atoms with E-state index in [-0.39, 0.29) is 17.5 Å². The molecule has 25 heavy (non-hydrogen) atoms. The second-order valence-electron chi connectivity index (χ2n) is 6.14. The molecule has 132 valence electrons. The average Bonchev–Trinajstić information content (AvgIpc) is 2.95. The third-order valence-electron chi connectivity index (χ3n) is 4.20. The summed E-state index contributed by atoms with van der Waals surface area (Å²) < 4.78 is 13.3. The quantitative estimate of drug-likeness (QED) is 0.884. The Balaban J connectivity index is 1.76. The van der Waals surface area contributed by atoms with E-state index in [1.807, 2.05) is 18.7 Å². The number of rotatable bonds is 3. The summed E-state index contributed by atoms with van der Waals surface area (Å²) in [5.41, 5.74) is 1.07. The fourth-order valence-corrected chi connectivity index (χ4v) is 3.87. The van der Waals surface area contributed by atoms with Crippen LogP contribution in [0, 0.1) is 12.7 Å². The maximum Gasteiger partial charge on any atom is 0.264 e. The van der Waals surface area contributed by atoms with Crippen molar-refractivity contribution in [3.05, 3.63) is 52.2 Å². The molecule has 1 aromatic heterocycles. The van der Waals surface area contributed by atoms with Gasteiger partial charge in [0.1, 0.15) is 5.82 Å². The van der Waals surface area contributed by atoms with Crippen LogP contribution in [0.1, 0.15) is 32.5 Å². The summed E-state index contributed by atoms with van der Waals surface area (Å²) >= 11 is 1.25. The van der Waals surface area contributed by atoms with Gasteiger partial charge in [-0.25, -0.2) is 4.39 Å². The molecule has 5 nitrogen and oxygen atoms in total. The number of nitrogens with one attached hydrogen (secondary N) is 2. The Kier molecular flexibility index (Phi) is 5.15. The molecular weight excluding hydrogens is 341 g/mol. The van der Waals surface area contributed by atoms with Gasteiger partial charge < -0.3 is 15.5 Å². The number of benzene rings is 1. The average molecular weight is 361 g/mol. The zero-order valence-electron chi connectivity index (χ0n) is 14.1. The molecule has 1 aromatic carbocycles. The van der Waals surface area contributed by atoms with Gasteiger partial charge in [0.2, 0.25) is 0 Å². The van der Waals surface area contributed by atoms with Gasteiger partial charge >= 0.3 is 0 Å². The van der Waals surface area contributed by atoms with Crippen molar-refractivity contribution in [2.24, 2.45) is 0 Å². The van der Waals surface area contributed by atoms with Gasteiger partial charge in [-0.05, 0) is 43.7 Å². The third kappa shape index (κ3) is 3.88. The van der Waals surface area contributed by atoms with Crippen LogP contribution in [0.4, 0.5) is 9.39 Å². The van der Waals surface area contributed by atoms with E-state index in [9.17, 15) is 14.0 Å². The van der Waals surface area contributed by atoms with Crippen LogP contribution >= 0.6 is 11.3 Å². The number of thiophene rings is 1. The minimum absolute atomic E-state index is 0.0113. The van der Waals surface area contributed by atoms with Gasteiger partial charge in [0.25, 0.3) is 11.8 Å². The third-order valence-corrected chi connectivity index (χ3v) is 5.34. The zero-order valence-corrected chi connectivity index (χ0v) is 15.0. The molecule has 1 aliphatic rings. The first-order valence-corrected chi connectivity index (χ1v) is 8.96. The number of hydrogen-bond acceptors (Lipinski definition) is 4. The lowest BCUT2D eigenvalue weighted by molar-refractivity contribution is 0.0660. The number of nitrogens with zero attached hydrogens (tertiary/aromatic N) is 1. The molecule has 0 unspecified atom stereocenters. The Hall–Kier alpha value is -2.25. The van der Waals surface area contributed by atoms with Crippen LogP contribution in [0.25, 0.3) is 0 Å². The molecule has 2 N–H and O–H groups in total. The summed E-state index contributed by atoms with van der Waals surface area (Å²) in [6, 6.07) is 7.43. The van der Waals surface area contributed by atoms with Crippen LogP contribution in [-0.2, 0) is 0 Å². The number of hydrogen-bond donors (Lipinski definition) is 2. The summed E-state index contributed by atoms with van der Waals surface area (Å²) in [5, 5.41) is 6.59. The van der Waals surface area contributed by atoms with Gasteiger partial charge in [-0.15, -0.1) is 11.3 Å². The minimum Gasteiger partial charge on any atom is -0.333 e. The highest BCUT2D eigenvalue weighted by molar-refractivity contribution is 7.18. The van der Waals surface area contributed by atoms with Gasteiger partial charge in [0.05, 0.1) is 9.88 Å². The second kappa shape index (κ2) is 7.33. The number of aryl methyl sites for hydroxylation is 1. The molecule has 2 heterocycles. The molecular formula is C18H20FN3O2S. The van der Waals surface area contributed by atoms with Gasteiger partial charge in [0.15, 0.2) is 0 Å². The molecule has 2 amide bonds. The van der Waals surface area contributed by atoms with Crippen LogP contribution < -0.4 is 10.6 Å². The Labute approximate surface area is 149 Å². The highest BCUT2D eigenvalue weighted by Gasteiger charge is 2.26. The zero-order chi connectivity index (χ0) is 18.0. The van der Waals surface area contributed by atoms with Crippen molar-refractivity contribution in [1.82, 2.24) is 10.2 Å². The number of anilines is 1. The summed E-state index contributed by atoms with van der Waals surface area (Å²) in [6.07, 6.45) is 0. The first-order valence-electron chi connectivity index (χ1n) is 8.14.